The van der Waals surface area contributed by atoms with E-state index in [-0.39, 0.29) is 12.3 Å². The molecule has 0 unspecified atom stereocenters. The fourth-order valence-electron chi connectivity index (χ4n) is 2.85. The predicted molar refractivity (Wildman–Crippen MR) is 161 cm³/mol. The normalized spacial score (nSPS) is 13.9. The molecule has 3 N–H and O–H groups in total. The van der Waals surface area contributed by atoms with E-state index in [0.717, 1.165) is 49.8 Å². The van der Waals surface area contributed by atoms with Crippen molar-refractivity contribution in [3.63, 3.8) is 0 Å². The molecule has 2 rings (SSSR count). The van der Waals surface area contributed by atoms with Crippen molar-refractivity contribution in [2.24, 2.45) is 15.7 Å². The summed E-state index contributed by atoms with van der Waals surface area (Å²) in [6.07, 6.45) is 14.7. The number of nitrogens with two attached hydrogens (primary N) is 1. The zero-order valence-electron chi connectivity index (χ0n) is 23.2. The fourth-order valence-corrected chi connectivity index (χ4v) is 2.85. The number of hydrogen-bond donors (Lipinski definition) is 2. The molecule has 7 heteroatoms. The quantitative estimate of drug-likeness (QED) is 0.230. The highest BCUT2D eigenvalue weighted by Gasteiger charge is 2.13. The number of allylic oxidation sites excluding steroid dienone is 3. The summed E-state index contributed by atoms with van der Waals surface area (Å²) in [6, 6.07) is 8.24. The minimum Gasteiger partial charge on any atom is -0.369 e. The van der Waals surface area contributed by atoms with E-state index in [1.807, 2.05) is 38.1 Å². The van der Waals surface area contributed by atoms with Crippen LogP contribution in [-0.4, -0.2) is 68.0 Å². The monoisotopic (exact) mass is 504 g/mol. The second-order valence-electron chi connectivity index (χ2n) is 8.44. The van der Waals surface area contributed by atoms with Gasteiger partial charge in [0.05, 0.1) is 12.3 Å². The summed E-state index contributed by atoms with van der Waals surface area (Å²) in [5, 5.41) is 3.17. The SMILES string of the molecule is C#C/C=C\N=CCC.C=C(/C=C\C(=C)N1CCN(C)CC1)CC(N)=O.CN=C(C)Nc1ccc(C)cc1. The lowest BCUT2D eigenvalue weighted by Gasteiger charge is -2.34. The van der Waals surface area contributed by atoms with Gasteiger partial charge in [-0.05, 0) is 51.1 Å². The van der Waals surface area contributed by atoms with Crippen LogP contribution in [0, 0.1) is 19.3 Å². The Morgan fingerprint density at radius 2 is 1.81 bits per heavy atom. The van der Waals surface area contributed by atoms with Crippen LogP contribution < -0.4 is 11.1 Å². The Bertz CT molecular complexity index is 988. The summed E-state index contributed by atoms with van der Waals surface area (Å²) < 4.78 is 0. The van der Waals surface area contributed by atoms with Gasteiger partial charge in [-0.3, -0.25) is 14.8 Å². The number of hydrogen-bond acceptors (Lipinski definition) is 5. The first-order valence-electron chi connectivity index (χ1n) is 12.3. The number of nitrogens with zero attached hydrogens (tertiary/aromatic N) is 4. The topological polar surface area (TPSA) is 86.3 Å². The van der Waals surface area contributed by atoms with Gasteiger partial charge in [-0.2, -0.15) is 0 Å². The lowest BCUT2D eigenvalue weighted by molar-refractivity contribution is -0.117. The first kappa shape index (κ1) is 33.1. The van der Waals surface area contributed by atoms with Gasteiger partial charge < -0.3 is 20.9 Å². The summed E-state index contributed by atoms with van der Waals surface area (Å²) in [4.78, 5) is 23.0. The number of carbonyl (C=O) groups is 1. The van der Waals surface area contributed by atoms with E-state index in [4.69, 9.17) is 12.2 Å². The van der Waals surface area contributed by atoms with Gasteiger partial charge in [-0.15, -0.1) is 6.42 Å². The summed E-state index contributed by atoms with van der Waals surface area (Å²) in [5.74, 6) is 2.91. The van der Waals surface area contributed by atoms with Crippen molar-refractivity contribution in [2.75, 3.05) is 45.6 Å². The zero-order valence-corrected chi connectivity index (χ0v) is 23.2. The molecule has 0 saturated carbocycles. The first-order chi connectivity index (χ1) is 17.6. The molecule has 0 atom stereocenters. The van der Waals surface area contributed by atoms with E-state index in [9.17, 15) is 4.79 Å². The van der Waals surface area contributed by atoms with Crippen LogP contribution in [0.15, 0.2) is 83.1 Å². The third-order valence-electron chi connectivity index (χ3n) is 5.08. The van der Waals surface area contributed by atoms with Crippen LogP contribution in [0.25, 0.3) is 0 Å². The third-order valence-corrected chi connectivity index (χ3v) is 5.08. The third kappa shape index (κ3) is 18.1. The van der Waals surface area contributed by atoms with Crippen molar-refractivity contribution in [3.05, 3.63) is 78.7 Å². The van der Waals surface area contributed by atoms with Crippen LogP contribution in [0.1, 0.15) is 32.3 Å². The molecule has 1 fully saturated rings. The Morgan fingerprint density at radius 1 is 1.19 bits per heavy atom. The van der Waals surface area contributed by atoms with Crippen LogP contribution in [0.2, 0.25) is 0 Å². The van der Waals surface area contributed by atoms with Crippen molar-refractivity contribution >= 4 is 23.6 Å². The second kappa shape index (κ2) is 20.3. The molecule has 1 aromatic rings. The standard InChI is InChI=1S/C13H21N3O.C10H14N2.C7H9N/c1-11(10-13(14)17)4-5-12(2)16-8-6-15(3)7-9-16;1-8-4-6-10(7-5-8)12-9(2)11-3;1-3-5-7-8-6-4-2/h4-5H,1-2,6-10H2,3H3,(H2,14,17);4-7H,1-3H3,(H,11,12);1,5-7H,4H2,2H3/b5-4-;;7-5-,8-6?. The Morgan fingerprint density at radius 3 is 2.32 bits per heavy atom. The number of carbonyl (C=O) groups excluding carboxylic acids is 1. The maximum Gasteiger partial charge on any atom is 0.221 e. The molecule has 1 heterocycles. The Hall–Kier alpha value is -3.89. The molecule has 1 aliphatic rings. The molecule has 1 aromatic carbocycles. The number of anilines is 1. The van der Waals surface area contributed by atoms with Crippen LogP contribution in [0.4, 0.5) is 5.69 Å². The molecule has 0 aliphatic carbocycles. The van der Waals surface area contributed by atoms with Gasteiger partial charge in [-0.1, -0.05) is 49.8 Å². The van der Waals surface area contributed by atoms with E-state index in [0.29, 0.717) is 5.57 Å². The minimum absolute atomic E-state index is 0.201. The highest BCUT2D eigenvalue weighted by molar-refractivity contribution is 5.93. The number of amidine groups is 1. The van der Waals surface area contributed by atoms with Crippen molar-refractivity contribution in [1.29, 1.82) is 0 Å². The lowest BCUT2D eigenvalue weighted by Crippen LogP contribution is -2.43. The smallest absolute Gasteiger partial charge is 0.221 e. The maximum atomic E-state index is 10.7. The molecule has 1 aliphatic heterocycles. The van der Waals surface area contributed by atoms with Crippen LogP contribution in [0.3, 0.4) is 0 Å². The van der Waals surface area contributed by atoms with Gasteiger partial charge in [-0.25, -0.2) is 0 Å². The molecular formula is C30H44N6O. The Balaban J connectivity index is 0.000000566. The van der Waals surface area contributed by atoms with Gasteiger partial charge in [0.15, 0.2) is 0 Å². The van der Waals surface area contributed by atoms with Gasteiger partial charge in [0.25, 0.3) is 0 Å². The van der Waals surface area contributed by atoms with Crippen molar-refractivity contribution in [1.82, 2.24) is 9.80 Å². The first-order valence-corrected chi connectivity index (χ1v) is 12.3. The highest BCUT2D eigenvalue weighted by atomic mass is 16.1. The Kier molecular flexibility index (Phi) is 18.2. The molecule has 1 saturated heterocycles. The number of terminal acetylenes is 1. The molecule has 200 valence electrons. The van der Waals surface area contributed by atoms with Crippen LogP contribution in [0.5, 0.6) is 0 Å². The maximum absolute atomic E-state index is 10.7. The fraction of sp³-hybridized carbons (Fsp3) is 0.367. The predicted octanol–water partition coefficient (Wildman–Crippen LogP) is 4.80. The highest BCUT2D eigenvalue weighted by Crippen LogP contribution is 2.10. The van der Waals surface area contributed by atoms with E-state index in [1.54, 1.807) is 25.5 Å². The Labute approximate surface area is 224 Å². The van der Waals surface area contributed by atoms with Gasteiger partial charge >= 0.3 is 0 Å². The van der Waals surface area contributed by atoms with Gasteiger partial charge in [0.2, 0.25) is 5.91 Å². The number of nitrogens with one attached hydrogen (secondary N) is 1. The molecular weight excluding hydrogens is 460 g/mol. The average Bonchev–Trinajstić information content (AvgIpc) is 2.87. The van der Waals surface area contributed by atoms with Crippen molar-refractivity contribution < 1.29 is 4.79 Å². The molecule has 1 amide bonds. The molecule has 0 aromatic heterocycles. The van der Waals surface area contributed by atoms with Crippen molar-refractivity contribution in [3.8, 4) is 12.3 Å². The number of rotatable bonds is 8. The van der Waals surface area contributed by atoms with E-state index in [2.05, 4.69) is 70.3 Å². The largest absolute Gasteiger partial charge is 0.369 e. The van der Waals surface area contributed by atoms with Gasteiger partial charge in [0, 0.05) is 63.1 Å². The average molecular weight is 505 g/mol. The summed E-state index contributed by atoms with van der Waals surface area (Å²) in [7, 11) is 3.89. The molecule has 37 heavy (non-hydrogen) atoms. The number of amides is 1. The van der Waals surface area contributed by atoms with Crippen LogP contribution in [-0.2, 0) is 4.79 Å². The second-order valence-corrected chi connectivity index (χ2v) is 8.44. The molecule has 7 nitrogen and oxygen atoms in total. The van der Waals surface area contributed by atoms with Crippen molar-refractivity contribution in [2.45, 2.75) is 33.6 Å². The van der Waals surface area contributed by atoms with Gasteiger partial charge in [0.1, 0.15) is 0 Å². The number of aryl methyl sites for hydroxylation is 1. The number of benzene rings is 1. The summed E-state index contributed by atoms with van der Waals surface area (Å²) in [6.45, 7) is 17.9. The zero-order chi connectivity index (χ0) is 28.1. The number of aliphatic imine (C=N–C) groups is 2. The lowest BCUT2D eigenvalue weighted by atomic mass is 10.2. The molecule has 0 bridgehead atoms. The van der Waals surface area contributed by atoms with E-state index >= 15 is 0 Å². The molecule has 0 radical (unpaired) electrons. The van der Waals surface area contributed by atoms with E-state index < -0.39 is 0 Å². The van der Waals surface area contributed by atoms with Crippen LogP contribution >= 0.6 is 0 Å². The number of primary amides is 1. The summed E-state index contributed by atoms with van der Waals surface area (Å²) >= 11 is 0. The van der Waals surface area contributed by atoms with E-state index in [1.165, 1.54) is 5.56 Å². The summed E-state index contributed by atoms with van der Waals surface area (Å²) in [5.41, 5.74) is 9.12. The number of piperazine rings is 1. The molecule has 0 spiro atoms. The number of likely N-dealkylation sites (N-methyl/N-ethyl adjacent to an activating group) is 1. The minimum atomic E-state index is -0.357.